The molecule has 4 heteroatoms. The molecule has 1 aromatic rings. The first-order valence-corrected chi connectivity index (χ1v) is 5.74. The van der Waals surface area contributed by atoms with E-state index < -0.39 is 0 Å². The van der Waals surface area contributed by atoms with Crippen molar-refractivity contribution in [3.63, 3.8) is 0 Å². The van der Waals surface area contributed by atoms with Gasteiger partial charge < -0.3 is 10.2 Å². The molecule has 0 heterocycles. The second-order valence-electron chi connectivity index (χ2n) is 4.31. The van der Waals surface area contributed by atoms with Gasteiger partial charge in [-0.2, -0.15) is 0 Å². The summed E-state index contributed by atoms with van der Waals surface area (Å²) < 4.78 is 0. The summed E-state index contributed by atoms with van der Waals surface area (Å²) in [5, 5.41) is 3.47. The van der Waals surface area contributed by atoms with E-state index in [2.05, 4.69) is 5.32 Å². The number of halogens is 1. The van der Waals surface area contributed by atoms with Crippen molar-refractivity contribution < 1.29 is 4.79 Å². The molecule has 2 rings (SSSR count). The summed E-state index contributed by atoms with van der Waals surface area (Å²) in [4.78, 5) is 13.0. The Labute approximate surface area is 100 Å². The highest BCUT2D eigenvalue weighted by molar-refractivity contribution is 6.34. The summed E-state index contributed by atoms with van der Waals surface area (Å²) >= 11 is 6.26. The molecule has 2 amide bonds. The third-order valence-corrected chi connectivity index (χ3v) is 3.12. The predicted octanol–water partition coefficient (Wildman–Crippen LogP) is 3.31. The molecule has 3 nitrogen and oxygen atoms in total. The van der Waals surface area contributed by atoms with Gasteiger partial charge in [-0.3, -0.25) is 0 Å². The van der Waals surface area contributed by atoms with E-state index >= 15 is 0 Å². The van der Waals surface area contributed by atoms with E-state index in [0.717, 1.165) is 5.56 Å². The fourth-order valence-electron chi connectivity index (χ4n) is 1.58. The fourth-order valence-corrected chi connectivity index (χ4v) is 1.91. The number of nitrogens with zero attached hydrogens (tertiary/aromatic N) is 1. The van der Waals surface area contributed by atoms with Gasteiger partial charge in [0, 0.05) is 14.1 Å². The highest BCUT2D eigenvalue weighted by atomic mass is 35.5. The van der Waals surface area contributed by atoms with Gasteiger partial charge in [-0.05, 0) is 30.4 Å². The zero-order chi connectivity index (χ0) is 11.7. The Balaban J connectivity index is 2.20. The molecule has 16 heavy (non-hydrogen) atoms. The number of nitrogens with one attached hydrogen (secondary N) is 1. The number of carbonyl (C=O) groups is 1. The topological polar surface area (TPSA) is 32.3 Å². The molecule has 0 aliphatic heterocycles. The minimum absolute atomic E-state index is 0.158. The summed E-state index contributed by atoms with van der Waals surface area (Å²) in [7, 11) is 3.40. The number of hydrogen-bond acceptors (Lipinski definition) is 1. The minimum Gasteiger partial charge on any atom is -0.331 e. The van der Waals surface area contributed by atoms with E-state index in [1.165, 1.54) is 17.7 Å². The van der Waals surface area contributed by atoms with Gasteiger partial charge in [-0.1, -0.05) is 23.7 Å². The Morgan fingerprint density at radius 2 is 2.12 bits per heavy atom. The molecule has 1 N–H and O–H groups in total. The maximum Gasteiger partial charge on any atom is 0.321 e. The molecular formula is C12H15ClN2O. The summed E-state index contributed by atoms with van der Waals surface area (Å²) in [6, 6.07) is 5.64. The molecule has 0 atom stereocenters. The molecule has 0 bridgehead atoms. The smallest absolute Gasteiger partial charge is 0.321 e. The summed E-state index contributed by atoms with van der Waals surface area (Å²) in [6.45, 7) is 0. The number of benzene rings is 1. The van der Waals surface area contributed by atoms with Crippen LogP contribution in [0.3, 0.4) is 0 Å². The molecule has 1 saturated carbocycles. The largest absolute Gasteiger partial charge is 0.331 e. The van der Waals surface area contributed by atoms with E-state index in [9.17, 15) is 4.79 Å². The van der Waals surface area contributed by atoms with Gasteiger partial charge in [-0.25, -0.2) is 4.79 Å². The number of hydrogen-bond donors (Lipinski definition) is 1. The average Bonchev–Trinajstić information content (AvgIpc) is 3.04. The molecule has 1 fully saturated rings. The number of urea groups is 1. The van der Waals surface area contributed by atoms with Crippen LogP contribution >= 0.6 is 11.6 Å². The highest BCUT2D eigenvalue weighted by Gasteiger charge is 2.26. The molecule has 0 radical (unpaired) electrons. The van der Waals surface area contributed by atoms with Crippen LogP contribution in [0.4, 0.5) is 10.5 Å². The lowest BCUT2D eigenvalue weighted by Gasteiger charge is -2.14. The molecule has 1 aliphatic rings. The SMILES string of the molecule is CN(C)C(=O)Nc1cccc(C2CC2)c1Cl. The summed E-state index contributed by atoms with van der Waals surface area (Å²) in [5.74, 6) is 0.587. The van der Waals surface area contributed by atoms with E-state index in [0.29, 0.717) is 16.6 Å². The minimum atomic E-state index is -0.158. The van der Waals surface area contributed by atoms with Crippen molar-refractivity contribution >= 4 is 23.3 Å². The quantitative estimate of drug-likeness (QED) is 0.842. The third-order valence-electron chi connectivity index (χ3n) is 2.69. The van der Waals surface area contributed by atoms with Gasteiger partial charge >= 0.3 is 6.03 Å². The zero-order valence-corrected chi connectivity index (χ0v) is 10.2. The molecule has 0 unspecified atom stereocenters. The predicted molar refractivity (Wildman–Crippen MR) is 66.1 cm³/mol. The molecular weight excluding hydrogens is 224 g/mol. The van der Waals surface area contributed by atoms with Crippen LogP contribution in [0.25, 0.3) is 0 Å². The average molecular weight is 239 g/mol. The van der Waals surface area contributed by atoms with Crippen LogP contribution in [0.1, 0.15) is 24.3 Å². The Kier molecular flexibility index (Phi) is 3.06. The van der Waals surface area contributed by atoms with Crippen molar-refractivity contribution in [2.75, 3.05) is 19.4 Å². The number of carbonyl (C=O) groups excluding carboxylic acids is 1. The van der Waals surface area contributed by atoms with Crippen LogP contribution in [0.15, 0.2) is 18.2 Å². The highest BCUT2D eigenvalue weighted by Crippen LogP contribution is 2.45. The van der Waals surface area contributed by atoms with E-state index in [1.807, 2.05) is 18.2 Å². The number of anilines is 1. The van der Waals surface area contributed by atoms with Gasteiger partial charge in [0.15, 0.2) is 0 Å². The van der Waals surface area contributed by atoms with Crippen LogP contribution in [0, 0.1) is 0 Å². The monoisotopic (exact) mass is 238 g/mol. The molecule has 1 aliphatic carbocycles. The maximum atomic E-state index is 11.5. The van der Waals surface area contributed by atoms with Crippen molar-refractivity contribution in [2.45, 2.75) is 18.8 Å². The van der Waals surface area contributed by atoms with Crippen molar-refractivity contribution in [3.05, 3.63) is 28.8 Å². The Hall–Kier alpha value is -1.22. The third kappa shape index (κ3) is 2.30. The molecule has 86 valence electrons. The van der Waals surface area contributed by atoms with Crippen molar-refractivity contribution in [1.82, 2.24) is 4.90 Å². The fraction of sp³-hybridized carbons (Fsp3) is 0.417. The number of amides is 2. The van der Waals surface area contributed by atoms with Crippen LogP contribution in [-0.4, -0.2) is 25.0 Å². The Morgan fingerprint density at radius 3 is 2.69 bits per heavy atom. The van der Waals surface area contributed by atoms with Gasteiger partial charge in [0.05, 0.1) is 10.7 Å². The van der Waals surface area contributed by atoms with Crippen LogP contribution in [0.2, 0.25) is 5.02 Å². The second kappa shape index (κ2) is 4.34. The number of rotatable bonds is 2. The molecule has 1 aromatic carbocycles. The van der Waals surface area contributed by atoms with E-state index in [1.54, 1.807) is 14.1 Å². The van der Waals surface area contributed by atoms with E-state index in [4.69, 9.17) is 11.6 Å². The molecule has 0 aromatic heterocycles. The summed E-state index contributed by atoms with van der Waals surface area (Å²) in [6.07, 6.45) is 2.40. The maximum absolute atomic E-state index is 11.5. The van der Waals surface area contributed by atoms with Crippen LogP contribution in [-0.2, 0) is 0 Å². The Morgan fingerprint density at radius 1 is 1.44 bits per heavy atom. The van der Waals surface area contributed by atoms with Crippen molar-refractivity contribution in [3.8, 4) is 0 Å². The van der Waals surface area contributed by atoms with Crippen molar-refractivity contribution in [2.24, 2.45) is 0 Å². The Bertz CT molecular complexity index is 413. The normalized spacial score (nSPS) is 14.7. The van der Waals surface area contributed by atoms with Gasteiger partial charge in [0.2, 0.25) is 0 Å². The first kappa shape index (κ1) is 11.3. The van der Waals surface area contributed by atoms with Crippen LogP contribution in [0.5, 0.6) is 0 Å². The van der Waals surface area contributed by atoms with E-state index in [-0.39, 0.29) is 6.03 Å². The van der Waals surface area contributed by atoms with Gasteiger partial charge in [0.25, 0.3) is 0 Å². The lowest BCUT2D eigenvalue weighted by molar-refractivity contribution is 0.230. The van der Waals surface area contributed by atoms with Crippen LogP contribution < -0.4 is 5.32 Å². The summed E-state index contributed by atoms with van der Waals surface area (Å²) in [5.41, 5.74) is 1.85. The van der Waals surface area contributed by atoms with Gasteiger partial charge in [-0.15, -0.1) is 0 Å². The molecule has 0 spiro atoms. The standard InChI is InChI=1S/C12H15ClN2O/c1-15(2)12(16)14-10-5-3-4-9(11(10)13)8-6-7-8/h3-5,8H,6-7H2,1-2H3,(H,14,16). The zero-order valence-electron chi connectivity index (χ0n) is 9.46. The molecule has 0 saturated heterocycles. The first-order valence-electron chi connectivity index (χ1n) is 5.36. The lowest BCUT2D eigenvalue weighted by atomic mass is 10.1. The first-order chi connectivity index (χ1) is 7.59. The lowest BCUT2D eigenvalue weighted by Crippen LogP contribution is -2.27. The van der Waals surface area contributed by atoms with Gasteiger partial charge in [0.1, 0.15) is 0 Å². The second-order valence-corrected chi connectivity index (χ2v) is 4.69. The van der Waals surface area contributed by atoms with Crippen molar-refractivity contribution in [1.29, 1.82) is 0 Å².